The normalized spacial score (nSPS) is 13.8. The summed E-state index contributed by atoms with van der Waals surface area (Å²) >= 11 is 0. The van der Waals surface area contributed by atoms with Crippen molar-refractivity contribution >= 4 is 6.09 Å². The fourth-order valence-electron chi connectivity index (χ4n) is 2.27. The van der Waals surface area contributed by atoms with Gasteiger partial charge in [-0.1, -0.05) is 24.0 Å². The number of nitrogens with zero attached hydrogens (tertiary/aromatic N) is 2. The second-order valence-electron chi connectivity index (χ2n) is 5.56. The predicted molar refractivity (Wildman–Crippen MR) is 108 cm³/mol. The maximum absolute atomic E-state index is 12.5. The van der Waals surface area contributed by atoms with Crippen molar-refractivity contribution in [3.05, 3.63) is 95.8 Å². The number of alkyl carbamates (subject to hydrolysis) is 1. The van der Waals surface area contributed by atoms with Gasteiger partial charge >= 0.3 is 6.09 Å². The third kappa shape index (κ3) is 7.16. The molecular weight excluding hydrogens is 369 g/mol. The molecule has 1 aliphatic heterocycles. The Hall–Kier alpha value is -4.16. The molecule has 6 heteroatoms. The van der Waals surface area contributed by atoms with Gasteiger partial charge in [0.15, 0.2) is 0 Å². The average Bonchev–Trinajstić information content (AvgIpc) is 3.22. The van der Waals surface area contributed by atoms with Gasteiger partial charge in [0.1, 0.15) is 11.9 Å². The molecule has 1 aliphatic rings. The number of rotatable bonds is 1. The van der Waals surface area contributed by atoms with E-state index >= 15 is 0 Å². The first-order chi connectivity index (χ1) is 14.2. The number of nitrogens with one attached hydrogen (secondary N) is 1. The van der Waals surface area contributed by atoms with Crippen LogP contribution in [0.5, 0.6) is 0 Å². The molecule has 1 saturated heterocycles. The van der Waals surface area contributed by atoms with Gasteiger partial charge in [-0.05, 0) is 42.0 Å². The Morgan fingerprint density at radius 2 is 1.52 bits per heavy atom. The second-order valence-corrected chi connectivity index (χ2v) is 5.56. The van der Waals surface area contributed by atoms with E-state index in [0.29, 0.717) is 6.54 Å². The maximum Gasteiger partial charge on any atom is 0.407 e. The molecule has 0 saturated carbocycles. The SMILES string of the molecule is C#C.C(#Cc1cccnc1)c1cccnc1.O=C1NC[C@H](c2ccc(F)cc2)O1. The summed E-state index contributed by atoms with van der Waals surface area (Å²) in [5.74, 6) is 5.73. The van der Waals surface area contributed by atoms with Crippen molar-refractivity contribution in [2.24, 2.45) is 0 Å². The topological polar surface area (TPSA) is 64.1 Å². The number of terminal acetylenes is 1. The van der Waals surface area contributed by atoms with E-state index in [1.165, 1.54) is 12.1 Å². The third-order valence-corrected chi connectivity index (χ3v) is 3.60. The zero-order valence-electron chi connectivity index (χ0n) is 15.5. The number of hydrogen-bond acceptors (Lipinski definition) is 4. The molecule has 0 unspecified atom stereocenters. The van der Waals surface area contributed by atoms with Gasteiger partial charge in [-0.25, -0.2) is 9.18 Å². The average molecular weight is 387 g/mol. The van der Waals surface area contributed by atoms with Crippen molar-refractivity contribution in [3.63, 3.8) is 0 Å². The van der Waals surface area contributed by atoms with Crippen LogP contribution in [0, 0.1) is 30.5 Å². The first kappa shape index (κ1) is 21.1. The Balaban J connectivity index is 0.000000191. The fourth-order valence-corrected chi connectivity index (χ4v) is 2.27. The number of cyclic esters (lactones) is 1. The highest BCUT2D eigenvalue weighted by Gasteiger charge is 2.23. The zero-order chi connectivity index (χ0) is 20.9. The van der Waals surface area contributed by atoms with E-state index in [2.05, 4.69) is 40.0 Å². The number of hydrogen-bond donors (Lipinski definition) is 1. The molecule has 3 heterocycles. The first-order valence-corrected chi connectivity index (χ1v) is 8.56. The second kappa shape index (κ2) is 11.5. The van der Waals surface area contributed by atoms with Crippen LogP contribution >= 0.6 is 0 Å². The van der Waals surface area contributed by atoms with E-state index in [-0.39, 0.29) is 11.9 Å². The molecule has 5 nitrogen and oxygen atoms in total. The van der Waals surface area contributed by atoms with Gasteiger partial charge in [0.05, 0.1) is 6.54 Å². The van der Waals surface area contributed by atoms with Crippen LogP contribution in [0.1, 0.15) is 22.8 Å². The highest BCUT2D eigenvalue weighted by molar-refractivity contribution is 5.69. The van der Waals surface area contributed by atoms with Crippen molar-refractivity contribution in [2.75, 3.05) is 6.54 Å². The number of benzene rings is 1. The third-order valence-electron chi connectivity index (χ3n) is 3.60. The van der Waals surface area contributed by atoms with Crippen molar-refractivity contribution in [1.82, 2.24) is 15.3 Å². The number of aromatic nitrogens is 2. The Morgan fingerprint density at radius 1 is 0.966 bits per heavy atom. The molecule has 3 aromatic rings. The van der Waals surface area contributed by atoms with Crippen molar-refractivity contribution < 1.29 is 13.9 Å². The molecule has 4 rings (SSSR count). The minimum absolute atomic E-state index is 0.284. The lowest BCUT2D eigenvalue weighted by Crippen LogP contribution is -2.12. The van der Waals surface area contributed by atoms with Crippen LogP contribution in [0.2, 0.25) is 0 Å². The summed E-state index contributed by atoms with van der Waals surface area (Å²) in [6.07, 6.45) is 14.2. The zero-order valence-corrected chi connectivity index (χ0v) is 15.5. The predicted octanol–water partition coefficient (Wildman–Crippen LogP) is 3.73. The molecule has 0 bridgehead atoms. The van der Waals surface area contributed by atoms with Gasteiger partial charge in [-0.2, -0.15) is 0 Å². The Labute approximate surface area is 169 Å². The lowest BCUT2D eigenvalue weighted by Gasteiger charge is -2.06. The lowest BCUT2D eigenvalue weighted by molar-refractivity contribution is 0.141. The van der Waals surface area contributed by atoms with Gasteiger partial charge in [0, 0.05) is 35.9 Å². The van der Waals surface area contributed by atoms with E-state index in [4.69, 9.17) is 4.74 Å². The van der Waals surface area contributed by atoms with Gasteiger partial charge < -0.3 is 10.1 Å². The summed E-state index contributed by atoms with van der Waals surface area (Å²) in [7, 11) is 0. The molecule has 144 valence electrons. The summed E-state index contributed by atoms with van der Waals surface area (Å²) < 4.78 is 17.4. The quantitative estimate of drug-likeness (QED) is 0.646. The summed E-state index contributed by atoms with van der Waals surface area (Å²) in [4.78, 5) is 18.6. The van der Waals surface area contributed by atoms with Crippen LogP contribution < -0.4 is 5.32 Å². The lowest BCUT2D eigenvalue weighted by atomic mass is 10.1. The summed E-state index contributed by atoms with van der Waals surface area (Å²) in [6, 6.07) is 13.5. The largest absolute Gasteiger partial charge is 0.439 e. The fraction of sp³-hybridized carbons (Fsp3) is 0.0870. The minimum atomic E-state index is -0.422. The minimum Gasteiger partial charge on any atom is -0.439 e. The van der Waals surface area contributed by atoms with Crippen LogP contribution in [-0.4, -0.2) is 22.6 Å². The molecule has 1 aromatic carbocycles. The smallest absolute Gasteiger partial charge is 0.407 e. The van der Waals surface area contributed by atoms with E-state index in [9.17, 15) is 9.18 Å². The molecule has 1 amide bonds. The molecule has 0 radical (unpaired) electrons. The van der Waals surface area contributed by atoms with E-state index in [1.807, 2.05) is 24.3 Å². The van der Waals surface area contributed by atoms with Crippen LogP contribution in [-0.2, 0) is 4.74 Å². The van der Waals surface area contributed by atoms with Crippen LogP contribution in [0.25, 0.3) is 0 Å². The van der Waals surface area contributed by atoms with Gasteiger partial charge in [0.2, 0.25) is 0 Å². The number of carbonyl (C=O) groups excluding carboxylic acids is 1. The van der Waals surface area contributed by atoms with Crippen LogP contribution in [0.3, 0.4) is 0 Å². The van der Waals surface area contributed by atoms with E-state index < -0.39 is 6.09 Å². The monoisotopic (exact) mass is 387 g/mol. The molecule has 0 aliphatic carbocycles. The molecule has 1 fully saturated rings. The molecule has 29 heavy (non-hydrogen) atoms. The Bertz CT molecular complexity index is 935. The van der Waals surface area contributed by atoms with Crippen molar-refractivity contribution in [1.29, 1.82) is 0 Å². The highest BCUT2D eigenvalue weighted by atomic mass is 19.1. The number of pyridine rings is 2. The van der Waals surface area contributed by atoms with Crippen molar-refractivity contribution in [2.45, 2.75) is 6.10 Å². The molecule has 2 aromatic heterocycles. The number of halogens is 1. The molecule has 1 atom stereocenters. The number of carbonyl (C=O) groups is 1. The van der Waals surface area contributed by atoms with Gasteiger partial charge in [0.25, 0.3) is 0 Å². The molecule has 1 N–H and O–H groups in total. The van der Waals surface area contributed by atoms with Gasteiger partial charge in [-0.3, -0.25) is 9.97 Å². The number of amides is 1. The van der Waals surface area contributed by atoms with Crippen LogP contribution in [0.15, 0.2) is 73.3 Å². The van der Waals surface area contributed by atoms with Crippen molar-refractivity contribution in [3.8, 4) is 24.7 Å². The Morgan fingerprint density at radius 3 is 1.93 bits per heavy atom. The van der Waals surface area contributed by atoms with Gasteiger partial charge in [-0.15, -0.1) is 12.8 Å². The highest BCUT2D eigenvalue weighted by Crippen LogP contribution is 2.20. The van der Waals surface area contributed by atoms with E-state index in [1.54, 1.807) is 36.9 Å². The van der Waals surface area contributed by atoms with E-state index in [0.717, 1.165) is 16.7 Å². The summed E-state index contributed by atoms with van der Waals surface area (Å²) in [6.45, 7) is 0.449. The summed E-state index contributed by atoms with van der Waals surface area (Å²) in [5, 5.41) is 2.53. The molecule has 0 spiro atoms. The maximum atomic E-state index is 12.5. The molecular formula is C23H18FN3O2. The standard InChI is InChI=1S/C12H8N2.C9H8FNO2.C2H2/c1-3-11(9-13-7-1)5-6-12-4-2-8-14-10-12;10-7-3-1-6(2-4-7)8-5-11-9(12)13-8;1-2/h1-4,7-10H;1-4,8H,5H2,(H,11,12);1-2H/t;8-;/m.1./s1. The summed E-state index contributed by atoms with van der Waals surface area (Å²) in [5.41, 5.74) is 2.63. The van der Waals surface area contributed by atoms with Crippen LogP contribution in [0.4, 0.5) is 9.18 Å². The Kier molecular flexibility index (Phi) is 8.41. The number of ether oxygens (including phenoxy) is 1. The first-order valence-electron chi connectivity index (χ1n) is 8.56.